The van der Waals surface area contributed by atoms with Crippen LogP contribution in [0.25, 0.3) is 10.6 Å². The molecule has 0 aliphatic heterocycles. The SMILES string of the molecule is CC(C)CNCCc1nnc(-c2cc(Cl)ccc2I)s1. The van der Waals surface area contributed by atoms with Crippen molar-refractivity contribution in [2.24, 2.45) is 5.92 Å². The van der Waals surface area contributed by atoms with Gasteiger partial charge in [0, 0.05) is 27.1 Å². The van der Waals surface area contributed by atoms with E-state index < -0.39 is 0 Å². The fraction of sp³-hybridized carbons (Fsp3) is 0.429. The maximum atomic E-state index is 6.05. The lowest BCUT2D eigenvalue weighted by atomic mass is 10.2. The molecule has 108 valence electrons. The van der Waals surface area contributed by atoms with Gasteiger partial charge >= 0.3 is 0 Å². The molecule has 0 atom stereocenters. The quantitative estimate of drug-likeness (QED) is 0.560. The van der Waals surface area contributed by atoms with Crippen LogP contribution in [-0.4, -0.2) is 23.3 Å². The van der Waals surface area contributed by atoms with Crippen LogP contribution in [0.1, 0.15) is 18.9 Å². The van der Waals surface area contributed by atoms with Gasteiger partial charge in [0.05, 0.1) is 0 Å². The standard InChI is InChI=1S/C14H17ClIN3S/c1-9(2)8-17-6-5-13-18-19-14(20-13)11-7-10(15)3-4-12(11)16/h3-4,7,9,17H,5-6,8H2,1-2H3. The van der Waals surface area contributed by atoms with Gasteiger partial charge in [0.25, 0.3) is 0 Å². The zero-order valence-electron chi connectivity index (χ0n) is 11.5. The molecular formula is C14H17ClIN3S. The Bertz CT molecular complexity index is 571. The van der Waals surface area contributed by atoms with Crippen LogP contribution < -0.4 is 5.32 Å². The van der Waals surface area contributed by atoms with Crippen molar-refractivity contribution in [1.82, 2.24) is 15.5 Å². The van der Waals surface area contributed by atoms with Crippen LogP contribution >= 0.6 is 45.5 Å². The van der Waals surface area contributed by atoms with Gasteiger partial charge in [-0.3, -0.25) is 0 Å². The summed E-state index contributed by atoms with van der Waals surface area (Å²) >= 11 is 9.99. The molecule has 0 saturated heterocycles. The molecule has 2 rings (SSSR count). The fourth-order valence-corrected chi connectivity index (χ4v) is 3.53. The third-order valence-electron chi connectivity index (χ3n) is 2.69. The third-order valence-corrected chi connectivity index (χ3v) is 4.89. The number of benzene rings is 1. The van der Waals surface area contributed by atoms with Crippen molar-refractivity contribution in [3.05, 3.63) is 31.8 Å². The number of hydrogen-bond donors (Lipinski definition) is 1. The van der Waals surface area contributed by atoms with E-state index in [-0.39, 0.29) is 0 Å². The molecule has 0 fully saturated rings. The Morgan fingerprint density at radius 2 is 2.15 bits per heavy atom. The van der Waals surface area contributed by atoms with E-state index in [2.05, 4.69) is 52.0 Å². The van der Waals surface area contributed by atoms with Crippen molar-refractivity contribution < 1.29 is 0 Å². The summed E-state index contributed by atoms with van der Waals surface area (Å²) < 4.78 is 1.15. The van der Waals surface area contributed by atoms with E-state index in [1.165, 1.54) is 0 Å². The zero-order valence-corrected chi connectivity index (χ0v) is 15.2. The van der Waals surface area contributed by atoms with E-state index in [0.717, 1.165) is 43.7 Å². The van der Waals surface area contributed by atoms with Crippen molar-refractivity contribution in [3.63, 3.8) is 0 Å². The van der Waals surface area contributed by atoms with E-state index in [1.807, 2.05) is 18.2 Å². The second-order valence-electron chi connectivity index (χ2n) is 4.97. The second kappa shape index (κ2) is 7.68. The normalized spacial score (nSPS) is 11.2. The Balaban J connectivity index is 2.00. The average molecular weight is 422 g/mol. The van der Waals surface area contributed by atoms with Crippen molar-refractivity contribution in [3.8, 4) is 10.6 Å². The molecule has 1 N–H and O–H groups in total. The van der Waals surface area contributed by atoms with E-state index in [4.69, 9.17) is 11.6 Å². The maximum Gasteiger partial charge on any atom is 0.148 e. The van der Waals surface area contributed by atoms with Crippen molar-refractivity contribution >= 4 is 45.5 Å². The fourth-order valence-electron chi connectivity index (χ4n) is 1.71. The van der Waals surface area contributed by atoms with Crippen molar-refractivity contribution in [2.75, 3.05) is 13.1 Å². The number of halogens is 2. The van der Waals surface area contributed by atoms with Crippen LogP contribution in [-0.2, 0) is 6.42 Å². The molecule has 6 heteroatoms. The van der Waals surface area contributed by atoms with Crippen LogP contribution in [0.4, 0.5) is 0 Å². The molecule has 1 aromatic heterocycles. The Kier molecular flexibility index (Phi) is 6.20. The summed E-state index contributed by atoms with van der Waals surface area (Å²) in [7, 11) is 0. The van der Waals surface area contributed by atoms with Gasteiger partial charge in [-0.2, -0.15) is 0 Å². The summed E-state index contributed by atoms with van der Waals surface area (Å²) in [6.45, 7) is 6.39. The lowest BCUT2D eigenvalue weighted by Gasteiger charge is -2.05. The third kappa shape index (κ3) is 4.65. The number of hydrogen-bond acceptors (Lipinski definition) is 4. The Labute approximate surface area is 142 Å². The van der Waals surface area contributed by atoms with Crippen LogP contribution in [0.15, 0.2) is 18.2 Å². The first-order valence-corrected chi connectivity index (χ1v) is 8.82. The van der Waals surface area contributed by atoms with Crippen LogP contribution in [0.5, 0.6) is 0 Å². The van der Waals surface area contributed by atoms with Crippen molar-refractivity contribution in [2.45, 2.75) is 20.3 Å². The summed E-state index contributed by atoms with van der Waals surface area (Å²) in [6.07, 6.45) is 0.918. The monoisotopic (exact) mass is 421 g/mol. The Morgan fingerprint density at radius 3 is 2.90 bits per heavy atom. The van der Waals surface area contributed by atoms with E-state index in [9.17, 15) is 0 Å². The molecular weight excluding hydrogens is 405 g/mol. The minimum atomic E-state index is 0.674. The summed E-state index contributed by atoms with van der Waals surface area (Å²) in [5, 5.41) is 14.7. The first-order chi connectivity index (χ1) is 9.56. The molecule has 0 saturated carbocycles. The van der Waals surface area contributed by atoms with Gasteiger partial charge in [-0.25, -0.2) is 0 Å². The van der Waals surface area contributed by atoms with Crippen molar-refractivity contribution in [1.29, 1.82) is 0 Å². The predicted octanol–water partition coefficient (Wildman–Crippen LogP) is 4.25. The molecule has 1 heterocycles. The lowest BCUT2D eigenvalue weighted by molar-refractivity contribution is 0.553. The lowest BCUT2D eigenvalue weighted by Crippen LogP contribution is -2.22. The molecule has 1 aromatic carbocycles. The number of rotatable bonds is 6. The van der Waals surface area contributed by atoms with Gasteiger partial charge in [-0.1, -0.05) is 36.8 Å². The van der Waals surface area contributed by atoms with Gasteiger partial charge in [0.1, 0.15) is 10.0 Å². The first-order valence-electron chi connectivity index (χ1n) is 6.55. The Morgan fingerprint density at radius 1 is 1.35 bits per heavy atom. The highest BCUT2D eigenvalue weighted by atomic mass is 127. The van der Waals surface area contributed by atoms with E-state index >= 15 is 0 Å². The van der Waals surface area contributed by atoms with Crippen LogP contribution in [0, 0.1) is 9.49 Å². The molecule has 2 aromatic rings. The number of nitrogens with zero attached hydrogens (tertiary/aromatic N) is 2. The van der Waals surface area contributed by atoms with E-state index in [0.29, 0.717) is 5.92 Å². The Hall–Kier alpha value is -0.240. The molecule has 0 unspecified atom stereocenters. The first kappa shape index (κ1) is 16.1. The molecule has 0 spiro atoms. The largest absolute Gasteiger partial charge is 0.316 e. The topological polar surface area (TPSA) is 37.8 Å². The minimum Gasteiger partial charge on any atom is -0.316 e. The molecule has 20 heavy (non-hydrogen) atoms. The maximum absolute atomic E-state index is 6.05. The van der Waals surface area contributed by atoms with Gasteiger partial charge in [-0.05, 0) is 53.3 Å². The highest BCUT2D eigenvalue weighted by molar-refractivity contribution is 14.1. The summed E-state index contributed by atoms with van der Waals surface area (Å²) in [6, 6.07) is 5.85. The molecule has 0 amide bonds. The highest BCUT2D eigenvalue weighted by Gasteiger charge is 2.10. The number of nitrogens with one attached hydrogen (secondary N) is 1. The molecule has 3 nitrogen and oxygen atoms in total. The van der Waals surface area contributed by atoms with Crippen LogP contribution in [0.2, 0.25) is 5.02 Å². The minimum absolute atomic E-state index is 0.674. The summed E-state index contributed by atoms with van der Waals surface area (Å²) in [5.41, 5.74) is 1.07. The van der Waals surface area contributed by atoms with Gasteiger partial charge in [0.2, 0.25) is 0 Å². The summed E-state index contributed by atoms with van der Waals surface area (Å²) in [5.74, 6) is 0.674. The highest BCUT2D eigenvalue weighted by Crippen LogP contribution is 2.30. The van der Waals surface area contributed by atoms with E-state index in [1.54, 1.807) is 11.3 Å². The predicted molar refractivity (Wildman–Crippen MR) is 94.5 cm³/mol. The average Bonchev–Trinajstić information content (AvgIpc) is 2.86. The zero-order chi connectivity index (χ0) is 14.5. The smallest absolute Gasteiger partial charge is 0.148 e. The second-order valence-corrected chi connectivity index (χ2v) is 7.63. The summed E-state index contributed by atoms with van der Waals surface area (Å²) in [4.78, 5) is 0. The van der Waals surface area contributed by atoms with Gasteiger partial charge < -0.3 is 5.32 Å². The van der Waals surface area contributed by atoms with Gasteiger partial charge in [-0.15, -0.1) is 10.2 Å². The van der Waals surface area contributed by atoms with Gasteiger partial charge in [0.15, 0.2) is 0 Å². The molecule has 0 radical (unpaired) electrons. The molecule has 0 aliphatic carbocycles. The molecule has 0 aliphatic rings. The number of aromatic nitrogens is 2. The van der Waals surface area contributed by atoms with Crippen LogP contribution in [0.3, 0.4) is 0 Å². The molecule has 0 bridgehead atoms.